The van der Waals surface area contributed by atoms with E-state index >= 15 is 0 Å². The maximum atomic E-state index is 13.1. The topological polar surface area (TPSA) is 72.2 Å². The Morgan fingerprint density at radius 3 is 2.69 bits per heavy atom. The molecule has 0 aliphatic carbocycles. The van der Waals surface area contributed by atoms with Gasteiger partial charge in [-0.15, -0.1) is 0 Å². The lowest BCUT2D eigenvalue weighted by Gasteiger charge is -2.07. The van der Waals surface area contributed by atoms with Gasteiger partial charge in [-0.1, -0.05) is 0 Å². The summed E-state index contributed by atoms with van der Waals surface area (Å²) in [6.45, 7) is 0.301. The minimum atomic E-state index is -3.44. The molecular formula is C9H12BrFN2O2S. The Bertz CT molecular complexity index is 465. The molecule has 1 aromatic carbocycles. The van der Waals surface area contributed by atoms with Gasteiger partial charge in [-0.3, -0.25) is 4.72 Å². The van der Waals surface area contributed by atoms with Gasteiger partial charge in [0.1, 0.15) is 5.82 Å². The van der Waals surface area contributed by atoms with E-state index in [4.69, 9.17) is 5.73 Å². The summed E-state index contributed by atoms with van der Waals surface area (Å²) >= 11 is 2.98. The first kappa shape index (κ1) is 13.4. The summed E-state index contributed by atoms with van der Waals surface area (Å²) in [4.78, 5) is 0. The summed E-state index contributed by atoms with van der Waals surface area (Å²) in [5.74, 6) is -0.583. The molecule has 0 amide bonds. The van der Waals surface area contributed by atoms with Crippen LogP contribution in [0.3, 0.4) is 0 Å². The number of halogens is 2. The van der Waals surface area contributed by atoms with Crippen molar-refractivity contribution in [2.75, 3.05) is 17.0 Å². The van der Waals surface area contributed by atoms with Crippen LogP contribution in [0.1, 0.15) is 6.42 Å². The van der Waals surface area contributed by atoms with Gasteiger partial charge < -0.3 is 5.73 Å². The molecule has 0 aliphatic rings. The van der Waals surface area contributed by atoms with Gasteiger partial charge in [0.05, 0.1) is 15.9 Å². The third kappa shape index (κ3) is 4.07. The second kappa shape index (κ2) is 5.60. The van der Waals surface area contributed by atoms with E-state index in [0.717, 1.165) is 6.07 Å². The molecule has 1 rings (SSSR count). The zero-order chi connectivity index (χ0) is 12.2. The number of nitrogens with two attached hydrogens (primary N) is 1. The molecule has 0 saturated carbocycles. The van der Waals surface area contributed by atoms with Crippen LogP contribution < -0.4 is 10.5 Å². The minimum absolute atomic E-state index is 0.0683. The van der Waals surface area contributed by atoms with Crippen LogP contribution in [0.15, 0.2) is 22.7 Å². The monoisotopic (exact) mass is 310 g/mol. The molecule has 7 heteroatoms. The molecule has 4 nitrogen and oxygen atoms in total. The van der Waals surface area contributed by atoms with E-state index < -0.39 is 15.8 Å². The van der Waals surface area contributed by atoms with Gasteiger partial charge in [0, 0.05) is 0 Å². The highest BCUT2D eigenvalue weighted by atomic mass is 79.9. The maximum Gasteiger partial charge on any atom is 0.232 e. The Morgan fingerprint density at radius 1 is 1.44 bits per heavy atom. The number of benzene rings is 1. The summed E-state index contributed by atoms with van der Waals surface area (Å²) < 4.78 is 38.6. The fraction of sp³-hybridized carbons (Fsp3) is 0.333. The van der Waals surface area contributed by atoms with E-state index in [9.17, 15) is 12.8 Å². The Balaban J connectivity index is 2.76. The predicted octanol–water partition coefficient (Wildman–Crippen LogP) is 1.68. The molecule has 0 bridgehead atoms. The van der Waals surface area contributed by atoms with Crippen molar-refractivity contribution in [2.45, 2.75) is 6.42 Å². The number of hydrogen-bond acceptors (Lipinski definition) is 3. The van der Waals surface area contributed by atoms with Crippen molar-refractivity contribution in [1.29, 1.82) is 0 Å². The standard InChI is InChI=1S/C9H12BrFN2O2S/c10-8-3-2-7(6-9(8)11)13-16(14,15)5-1-4-12/h2-3,6,13H,1,4-5,12H2. The highest BCUT2D eigenvalue weighted by Gasteiger charge is 2.10. The summed E-state index contributed by atoms with van der Waals surface area (Å²) in [6.07, 6.45) is 0.369. The first-order valence-corrected chi connectivity index (χ1v) is 7.05. The molecular weight excluding hydrogens is 299 g/mol. The smallest absolute Gasteiger partial charge is 0.232 e. The highest BCUT2D eigenvalue weighted by molar-refractivity contribution is 9.10. The average molecular weight is 311 g/mol. The van der Waals surface area contributed by atoms with Gasteiger partial charge in [-0.05, 0) is 47.1 Å². The Morgan fingerprint density at radius 2 is 2.12 bits per heavy atom. The second-order valence-electron chi connectivity index (χ2n) is 3.19. The first-order valence-electron chi connectivity index (χ1n) is 4.60. The van der Waals surface area contributed by atoms with Gasteiger partial charge >= 0.3 is 0 Å². The van der Waals surface area contributed by atoms with Gasteiger partial charge in [-0.2, -0.15) is 0 Å². The summed E-state index contributed by atoms with van der Waals surface area (Å²) in [6, 6.07) is 4.04. The van der Waals surface area contributed by atoms with Crippen molar-refractivity contribution < 1.29 is 12.8 Å². The summed E-state index contributed by atoms with van der Waals surface area (Å²) in [7, 11) is -3.44. The molecule has 0 aliphatic heterocycles. The molecule has 0 atom stereocenters. The Labute approximate surface area is 102 Å². The van der Waals surface area contributed by atoms with Crippen LogP contribution >= 0.6 is 15.9 Å². The molecule has 0 unspecified atom stereocenters. The normalized spacial score (nSPS) is 11.4. The number of sulfonamides is 1. The van der Waals surface area contributed by atoms with Crippen molar-refractivity contribution in [3.8, 4) is 0 Å². The first-order chi connectivity index (χ1) is 7.44. The number of hydrogen-bond donors (Lipinski definition) is 2. The second-order valence-corrected chi connectivity index (χ2v) is 5.89. The molecule has 16 heavy (non-hydrogen) atoms. The molecule has 0 fully saturated rings. The summed E-state index contributed by atoms with van der Waals surface area (Å²) in [5.41, 5.74) is 5.42. The highest BCUT2D eigenvalue weighted by Crippen LogP contribution is 2.20. The third-order valence-electron chi connectivity index (χ3n) is 1.81. The van der Waals surface area contributed by atoms with E-state index in [1.807, 2.05) is 0 Å². The van der Waals surface area contributed by atoms with Crippen molar-refractivity contribution in [3.63, 3.8) is 0 Å². The van der Waals surface area contributed by atoms with Crippen molar-refractivity contribution in [1.82, 2.24) is 0 Å². The fourth-order valence-corrected chi connectivity index (χ4v) is 2.45. The van der Waals surface area contributed by atoms with E-state index in [2.05, 4.69) is 20.7 Å². The molecule has 0 radical (unpaired) electrons. The van der Waals surface area contributed by atoms with E-state index in [0.29, 0.717) is 13.0 Å². The van der Waals surface area contributed by atoms with Crippen molar-refractivity contribution in [3.05, 3.63) is 28.5 Å². The molecule has 90 valence electrons. The van der Waals surface area contributed by atoms with Crippen LogP contribution in [-0.2, 0) is 10.0 Å². The van der Waals surface area contributed by atoms with E-state index in [-0.39, 0.29) is 15.9 Å². The van der Waals surface area contributed by atoms with Crippen LogP contribution in [0.25, 0.3) is 0 Å². The SMILES string of the molecule is NCCCS(=O)(=O)Nc1ccc(Br)c(F)c1. The minimum Gasteiger partial charge on any atom is -0.330 e. The lowest BCUT2D eigenvalue weighted by Crippen LogP contribution is -2.19. The quantitative estimate of drug-likeness (QED) is 0.869. The summed E-state index contributed by atoms with van der Waals surface area (Å²) in [5, 5.41) is 0. The molecule has 0 heterocycles. The van der Waals surface area contributed by atoms with E-state index in [1.165, 1.54) is 12.1 Å². The lowest BCUT2D eigenvalue weighted by atomic mass is 10.3. The van der Waals surface area contributed by atoms with Crippen LogP contribution in [-0.4, -0.2) is 20.7 Å². The van der Waals surface area contributed by atoms with Gasteiger partial charge in [0.2, 0.25) is 10.0 Å². The van der Waals surface area contributed by atoms with Crippen LogP contribution in [0.2, 0.25) is 0 Å². The fourth-order valence-electron chi connectivity index (χ4n) is 1.06. The van der Waals surface area contributed by atoms with Crippen molar-refractivity contribution in [2.24, 2.45) is 5.73 Å². The van der Waals surface area contributed by atoms with Crippen molar-refractivity contribution >= 4 is 31.6 Å². The Kier molecular flexibility index (Phi) is 4.69. The molecule has 1 aromatic rings. The molecule has 0 spiro atoms. The van der Waals surface area contributed by atoms with Gasteiger partial charge in [0.25, 0.3) is 0 Å². The van der Waals surface area contributed by atoms with Gasteiger partial charge in [0.15, 0.2) is 0 Å². The Hall–Kier alpha value is -0.660. The number of rotatable bonds is 5. The van der Waals surface area contributed by atoms with Gasteiger partial charge in [-0.25, -0.2) is 12.8 Å². The van der Waals surface area contributed by atoms with E-state index in [1.54, 1.807) is 0 Å². The third-order valence-corrected chi connectivity index (χ3v) is 3.83. The zero-order valence-corrected chi connectivity index (χ0v) is 10.8. The maximum absolute atomic E-state index is 13.1. The molecule has 0 saturated heterocycles. The van der Waals surface area contributed by atoms with Crippen LogP contribution in [0.4, 0.5) is 10.1 Å². The lowest BCUT2D eigenvalue weighted by molar-refractivity contribution is 0.598. The zero-order valence-electron chi connectivity index (χ0n) is 8.41. The number of anilines is 1. The molecule has 0 aromatic heterocycles. The van der Waals surface area contributed by atoms with Crippen LogP contribution in [0, 0.1) is 5.82 Å². The molecule has 3 N–H and O–H groups in total. The predicted molar refractivity (Wildman–Crippen MR) is 65.2 cm³/mol. The number of nitrogens with one attached hydrogen (secondary N) is 1. The van der Waals surface area contributed by atoms with Crippen LogP contribution in [0.5, 0.6) is 0 Å². The largest absolute Gasteiger partial charge is 0.330 e. The average Bonchev–Trinajstić information content (AvgIpc) is 2.20.